The first-order chi connectivity index (χ1) is 6.17. The topological polar surface area (TPSA) is 54.2 Å². The smallest absolute Gasteiger partial charge is 0.278 e. The fraction of sp³-hybridized carbons (Fsp3) is 0.750. The van der Waals surface area contributed by atoms with Gasteiger partial charge in [0.05, 0.1) is 11.5 Å². The molecular weight excluding hydrogens is 212 g/mol. The van der Waals surface area contributed by atoms with E-state index in [1.165, 1.54) is 6.21 Å². The maximum absolute atomic E-state index is 8.50. The fourth-order valence-electron chi connectivity index (χ4n) is 0.595. The predicted octanol–water partition coefficient (Wildman–Crippen LogP) is 2.53. The third-order valence-corrected chi connectivity index (χ3v) is 3.76. The monoisotopic (exact) mass is 232 g/mol. The summed E-state index contributed by atoms with van der Waals surface area (Å²) in [6.45, 7) is 12.6. The van der Waals surface area contributed by atoms with Crippen LogP contribution in [0.15, 0.2) is 10.3 Å². The highest BCUT2D eigenvalue weighted by Gasteiger charge is 2.23. The molecule has 0 aliphatic carbocycles. The SMILES string of the molecule is C[Si](C)(C)ON=C(C=NO)[Si](C)(C)C. The van der Waals surface area contributed by atoms with Crippen molar-refractivity contribution in [2.45, 2.75) is 39.3 Å². The van der Waals surface area contributed by atoms with Crippen LogP contribution in [0.4, 0.5) is 0 Å². The van der Waals surface area contributed by atoms with Crippen molar-refractivity contribution in [3.63, 3.8) is 0 Å². The van der Waals surface area contributed by atoms with Crippen molar-refractivity contribution in [2.24, 2.45) is 10.3 Å². The molecule has 0 aromatic heterocycles. The van der Waals surface area contributed by atoms with Gasteiger partial charge in [-0.25, -0.2) is 0 Å². The molecule has 0 radical (unpaired) electrons. The van der Waals surface area contributed by atoms with Crippen LogP contribution in [0.1, 0.15) is 0 Å². The van der Waals surface area contributed by atoms with Crippen LogP contribution < -0.4 is 0 Å². The lowest BCUT2D eigenvalue weighted by atomic mass is 10.8. The second-order valence-electron chi connectivity index (χ2n) is 5.17. The molecule has 0 aliphatic heterocycles. The molecule has 0 rings (SSSR count). The van der Waals surface area contributed by atoms with Gasteiger partial charge in [-0.3, -0.25) is 0 Å². The minimum atomic E-state index is -1.64. The molecule has 0 saturated heterocycles. The number of hydrogen-bond acceptors (Lipinski definition) is 4. The molecule has 0 atom stereocenters. The van der Waals surface area contributed by atoms with Gasteiger partial charge in [0.1, 0.15) is 8.07 Å². The van der Waals surface area contributed by atoms with Crippen LogP contribution in [0.25, 0.3) is 0 Å². The van der Waals surface area contributed by atoms with Gasteiger partial charge < -0.3 is 9.73 Å². The van der Waals surface area contributed by atoms with Crippen LogP contribution in [0.2, 0.25) is 39.3 Å². The molecule has 0 spiro atoms. The molecule has 0 bridgehead atoms. The first kappa shape index (κ1) is 13.4. The molecule has 4 nitrogen and oxygen atoms in total. The van der Waals surface area contributed by atoms with Crippen molar-refractivity contribution in [1.82, 2.24) is 0 Å². The lowest BCUT2D eigenvalue weighted by molar-refractivity contribution is 0.321. The second-order valence-corrected chi connectivity index (χ2v) is 14.6. The predicted molar refractivity (Wildman–Crippen MR) is 65.5 cm³/mol. The summed E-state index contributed by atoms with van der Waals surface area (Å²) >= 11 is 0. The van der Waals surface area contributed by atoms with E-state index in [9.17, 15) is 0 Å². The van der Waals surface area contributed by atoms with Crippen molar-refractivity contribution in [1.29, 1.82) is 0 Å². The van der Waals surface area contributed by atoms with Gasteiger partial charge in [0.2, 0.25) is 0 Å². The molecule has 0 amide bonds. The first-order valence-electron chi connectivity index (χ1n) is 4.61. The molecule has 0 aromatic rings. The van der Waals surface area contributed by atoms with Crippen LogP contribution in [0.3, 0.4) is 0 Å². The highest BCUT2D eigenvalue weighted by atomic mass is 28.4. The Morgan fingerprint density at radius 2 is 1.64 bits per heavy atom. The molecule has 0 unspecified atom stereocenters. The minimum Gasteiger partial charge on any atom is -0.456 e. The Labute approximate surface area is 87.8 Å². The van der Waals surface area contributed by atoms with Gasteiger partial charge in [0, 0.05) is 0 Å². The first-order valence-corrected chi connectivity index (χ1v) is 11.5. The van der Waals surface area contributed by atoms with Crippen LogP contribution in [0, 0.1) is 0 Å². The van der Waals surface area contributed by atoms with Gasteiger partial charge in [-0.05, 0) is 19.6 Å². The Bertz CT molecular complexity index is 239. The maximum atomic E-state index is 8.50. The van der Waals surface area contributed by atoms with E-state index in [-0.39, 0.29) is 0 Å². The normalized spacial score (nSPS) is 14.9. The average molecular weight is 232 g/mol. The Balaban J connectivity index is 4.68. The van der Waals surface area contributed by atoms with E-state index in [2.05, 4.69) is 49.6 Å². The standard InChI is InChI=1S/C8H20N2O2Si2/c1-13(2,3)8(7-9-11)10-12-14(4,5)6/h7,11H,1-6H3. The highest BCUT2D eigenvalue weighted by Crippen LogP contribution is 2.07. The average Bonchev–Trinajstić information content (AvgIpc) is 1.93. The summed E-state index contributed by atoms with van der Waals surface area (Å²) in [6, 6.07) is 0. The van der Waals surface area contributed by atoms with E-state index >= 15 is 0 Å². The molecule has 0 aromatic carbocycles. The zero-order valence-electron chi connectivity index (χ0n) is 9.83. The Morgan fingerprint density at radius 3 is 1.93 bits per heavy atom. The lowest BCUT2D eigenvalue weighted by Crippen LogP contribution is -2.36. The van der Waals surface area contributed by atoms with Crippen molar-refractivity contribution >= 4 is 27.9 Å². The van der Waals surface area contributed by atoms with E-state index in [1.54, 1.807) is 0 Å². The van der Waals surface area contributed by atoms with Gasteiger partial charge in [0.25, 0.3) is 8.32 Å². The van der Waals surface area contributed by atoms with Gasteiger partial charge in [-0.2, -0.15) is 0 Å². The Hall–Kier alpha value is -0.626. The third-order valence-electron chi connectivity index (χ3n) is 1.37. The van der Waals surface area contributed by atoms with E-state index in [0.717, 1.165) is 5.33 Å². The summed E-state index contributed by atoms with van der Waals surface area (Å²) in [6.07, 6.45) is 1.38. The van der Waals surface area contributed by atoms with Crippen LogP contribution in [0.5, 0.6) is 0 Å². The molecule has 0 saturated carbocycles. The van der Waals surface area contributed by atoms with E-state index in [1.807, 2.05) is 0 Å². The van der Waals surface area contributed by atoms with Gasteiger partial charge in [0.15, 0.2) is 0 Å². The summed E-state index contributed by atoms with van der Waals surface area (Å²) in [5, 5.41) is 16.4. The van der Waals surface area contributed by atoms with Crippen LogP contribution >= 0.6 is 0 Å². The van der Waals surface area contributed by atoms with Crippen molar-refractivity contribution in [2.75, 3.05) is 0 Å². The molecule has 0 fully saturated rings. The van der Waals surface area contributed by atoms with Crippen molar-refractivity contribution in [3.8, 4) is 0 Å². The second kappa shape index (κ2) is 4.74. The summed E-state index contributed by atoms with van der Waals surface area (Å²) in [5.74, 6) is 0. The number of hydrogen-bond donors (Lipinski definition) is 1. The van der Waals surface area contributed by atoms with E-state index in [4.69, 9.17) is 9.73 Å². The fourth-order valence-corrected chi connectivity index (χ4v) is 1.82. The Kier molecular flexibility index (Phi) is 4.53. The minimum absolute atomic E-state index is 0.780. The number of rotatable bonds is 4. The summed E-state index contributed by atoms with van der Waals surface area (Å²) in [5.41, 5.74) is 0. The molecule has 14 heavy (non-hydrogen) atoms. The highest BCUT2D eigenvalue weighted by molar-refractivity contribution is 7.11. The quantitative estimate of drug-likeness (QED) is 0.350. The third kappa shape index (κ3) is 5.92. The molecule has 0 aliphatic rings. The maximum Gasteiger partial charge on any atom is 0.278 e. The summed E-state index contributed by atoms with van der Waals surface area (Å²) < 4.78 is 5.43. The van der Waals surface area contributed by atoms with Crippen molar-refractivity contribution < 1.29 is 9.73 Å². The number of nitrogens with zero attached hydrogens (tertiary/aromatic N) is 2. The molecule has 82 valence electrons. The zero-order chi connectivity index (χ0) is 11.4. The Morgan fingerprint density at radius 1 is 1.14 bits per heavy atom. The van der Waals surface area contributed by atoms with E-state index < -0.39 is 16.4 Å². The lowest BCUT2D eigenvalue weighted by Gasteiger charge is -2.18. The van der Waals surface area contributed by atoms with Gasteiger partial charge in [-0.1, -0.05) is 24.8 Å². The zero-order valence-corrected chi connectivity index (χ0v) is 11.8. The van der Waals surface area contributed by atoms with Crippen LogP contribution in [-0.4, -0.2) is 33.1 Å². The molecule has 1 N–H and O–H groups in total. The van der Waals surface area contributed by atoms with Crippen molar-refractivity contribution in [3.05, 3.63) is 0 Å². The van der Waals surface area contributed by atoms with Crippen LogP contribution in [-0.2, 0) is 4.53 Å². The van der Waals surface area contributed by atoms with Gasteiger partial charge in [-0.15, -0.1) is 5.16 Å². The summed E-state index contributed by atoms with van der Waals surface area (Å²) in [4.78, 5) is 0. The molecule has 0 heterocycles. The number of oxime groups is 2. The summed E-state index contributed by atoms with van der Waals surface area (Å²) in [7, 11) is -3.21. The van der Waals surface area contributed by atoms with E-state index in [0.29, 0.717) is 0 Å². The molecule has 6 heteroatoms. The largest absolute Gasteiger partial charge is 0.456 e. The van der Waals surface area contributed by atoms with Gasteiger partial charge >= 0.3 is 0 Å². The molecular formula is C8H20N2O2Si2.